The summed E-state index contributed by atoms with van der Waals surface area (Å²) in [5.74, 6) is 0. The van der Waals surface area contributed by atoms with Gasteiger partial charge in [0.2, 0.25) is 0 Å². The standard InChI is InChI=1S/C19H32O2/c1-4-11-19(21,12-5-2)13-10-16-8-7-9-17(14-16)15-18(20)6-3/h7-9,14,18,20-21H,4-6,10-13,15H2,1-3H3. The minimum absolute atomic E-state index is 0.252. The second-order valence-electron chi connectivity index (χ2n) is 6.31. The third-order valence-corrected chi connectivity index (χ3v) is 4.24. The van der Waals surface area contributed by atoms with Crippen LogP contribution in [0, 0.1) is 0 Å². The highest BCUT2D eigenvalue weighted by Gasteiger charge is 2.24. The predicted octanol–water partition coefficient (Wildman–Crippen LogP) is 4.26. The highest BCUT2D eigenvalue weighted by Crippen LogP contribution is 2.25. The zero-order valence-electron chi connectivity index (χ0n) is 13.9. The van der Waals surface area contributed by atoms with Crippen molar-refractivity contribution in [3.05, 3.63) is 35.4 Å². The fourth-order valence-corrected chi connectivity index (χ4v) is 3.01. The Morgan fingerprint density at radius 2 is 1.62 bits per heavy atom. The molecule has 1 unspecified atom stereocenters. The Morgan fingerprint density at radius 3 is 2.19 bits per heavy atom. The van der Waals surface area contributed by atoms with Crippen LogP contribution >= 0.6 is 0 Å². The molecule has 0 aliphatic rings. The van der Waals surface area contributed by atoms with Gasteiger partial charge in [0.15, 0.2) is 0 Å². The fraction of sp³-hybridized carbons (Fsp3) is 0.684. The smallest absolute Gasteiger partial charge is 0.0650 e. The Labute approximate surface area is 130 Å². The van der Waals surface area contributed by atoms with Gasteiger partial charge in [-0.3, -0.25) is 0 Å². The molecule has 0 fully saturated rings. The maximum absolute atomic E-state index is 10.7. The first-order valence-corrected chi connectivity index (χ1v) is 8.51. The minimum Gasteiger partial charge on any atom is -0.393 e. The zero-order chi connectivity index (χ0) is 15.7. The molecule has 21 heavy (non-hydrogen) atoms. The van der Waals surface area contributed by atoms with E-state index in [2.05, 4.69) is 38.1 Å². The van der Waals surface area contributed by atoms with Gasteiger partial charge >= 0.3 is 0 Å². The van der Waals surface area contributed by atoms with Crippen LogP contribution in [0.5, 0.6) is 0 Å². The van der Waals surface area contributed by atoms with Crippen molar-refractivity contribution < 1.29 is 10.2 Å². The number of benzene rings is 1. The summed E-state index contributed by atoms with van der Waals surface area (Å²) in [5, 5.41) is 20.4. The second-order valence-corrected chi connectivity index (χ2v) is 6.31. The van der Waals surface area contributed by atoms with Crippen LogP contribution in [-0.2, 0) is 12.8 Å². The first-order valence-electron chi connectivity index (χ1n) is 8.51. The molecule has 2 nitrogen and oxygen atoms in total. The Balaban J connectivity index is 2.63. The van der Waals surface area contributed by atoms with Gasteiger partial charge in [-0.15, -0.1) is 0 Å². The molecule has 0 aliphatic heterocycles. The van der Waals surface area contributed by atoms with Gasteiger partial charge in [0, 0.05) is 0 Å². The largest absolute Gasteiger partial charge is 0.393 e. The van der Waals surface area contributed by atoms with Crippen LogP contribution in [0.1, 0.15) is 70.4 Å². The Hall–Kier alpha value is -0.860. The third-order valence-electron chi connectivity index (χ3n) is 4.24. The van der Waals surface area contributed by atoms with Gasteiger partial charge in [-0.2, -0.15) is 0 Å². The molecule has 1 rings (SSSR count). The monoisotopic (exact) mass is 292 g/mol. The highest BCUT2D eigenvalue weighted by molar-refractivity contribution is 5.24. The molecule has 0 saturated carbocycles. The van der Waals surface area contributed by atoms with Crippen molar-refractivity contribution >= 4 is 0 Å². The van der Waals surface area contributed by atoms with Gasteiger partial charge in [-0.25, -0.2) is 0 Å². The van der Waals surface area contributed by atoms with Gasteiger partial charge < -0.3 is 10.2 Å². The van der Waals surface area contributed by atoms with Gasteiger partial charge in [0.25, 0.3) is 0 Å². The van der Waals surface area contributed by atoms with Crippen LogP contribution in [0.15, 0.2) is 24.3 Å². The van der Waals surface area contributed by atoms with E-state index in [4.69, 9.17) is 0 Å². The lowest BCUT2D eigenvalue weighted by Crippen LogP contribution is -2.28. The quantitative estimate of drug-likeness (QED) is 0.676. The van der Waals surface area contributed by atoms with E-state index in [0.29, 0.717) is 0 Å². The average molecular weight is 292 g/mol. The third kappa shape index (κ3) is 6.62. The maximum atomic E-state index is 10.7. The first-order chi connectivity index (χ1) is 10.0. The summed E-state index contributed by atoms with van der Waals surface area (Å²) in [6.07, 6.45) is 6.82. The number of hydrogen-bond donors (Lipinski definition) is 2. The van der Waals surface area contributed by atoms with Crippen molar-refractivity contribution in [2.75, 3.05) is 0 Å². The molecule has 0 heterocycles. The highest BCUT2D eigenvalue weighted by atomic mass is 16.3. The van der Waals surface area contributed by atoms with Crippen LogP contribution in [0.4, 0.5) is 0 Å². The van der Waals surface area contributed by atoms with Crippen LogP contribution in [-0.4, -0.2) is 21.9 Å². The predicted molar refractivity (Wildman–Crippen MR) is 89.5 cm³/mol. The Morgan fingerprint density at radius 1 is 1.00 bits per heavy atom. The maximum Gasteiger partial charge on any atom is 0.0650 e. The molecule has 120 valence electrons. The van der Waals surface area contributed by atoms with Gasteiger partial charge in [0.1, 0.15) is 0 Å². The average Bonchev–Trinajstić information content (AvgIpc) is 2.46. The molecule has 0 aromatic heterocycles. The normalized spacial score (nSPS) is 13.4. The lowest BCUT2D eigenvalue weighted by molar-refractivity contribution is 0.0132. The van der Waals surface area contributed by atoms with E-state index < -0.39 is 5.60 Å². The van der Waals surface area contributed by atoms with Crippen molar-refractivity contribution in [3.63, 3.8) is 0 Å². The van der Waals surface area contributed by atoms with E-state index >= 15 is 0 Å². The van der Waals surface area contributed by atoms with E-state index in [0.717, 1.165) is 51.4 Å². The molecular weight excluding hydrogens is 260 g/mol. The van der Waals surface area contributed by atoms with Crippen molar-refractivity contribution in [1.29, 1.82) is 0 Å². The number of aliphatic hydroxyl groups is 2. The first kappa shape index (κ1) is 18.2. The molecule has 1 aromatic rings. The van der Waals surface area contributed by atoms with E-state index in [1.165, 1.54) is 11.1 Å². The summed E-state index contributed by atoms with van der Waals surface area (Å²) in [7, 11) is 0. The summed E-state index contributed by atoms with van der Waals surface area (Å²) < 4.78 is 0. The lowest BCUT2D eigenvalue weighted by Gasteiger charge is -2.27. The minimum atomic E-state index is -0.511. The summed E-state index contributed by atoms with van der Waals surface area (Å²) in [5.41, 5.74) is 1.94. The molecule has 2 N–H and O–H groups in total. The fourth-order valence-electron chi connectivity index (χ4n) is 3.01. The molecule has 0 amide bonds. The van der Waals surface area contributed by atoms with Crippen molar-refractivity contribution in [3.8, 4) is 0 Å². The van der Waals surface area contributed by atoms with E-state index in [-0.39, 0.29) is 6.10 Å². The second kappa shape index (κ2) is 9.22. The van der Waals surface area contributed by atoms with E-state index in [1.54, 1.807) is 0 Å². The molecular formula is C19H32O2. The van der Waals surface area contributed by atoms with Crippen molar-refractivity contribution in [2.45, 2.75) is 83.8 Å². The molecule has 1 atom stereocenters. The Bertz CT molecular complexity index is 394. The molecule has 0 radical (unpaired) electrons. The molecule has 0 saturated heterocycles. The molecule has 2 heteroatoms. The van der Waals surface area contributed by atoms with Crippen LogP contribution in [0.2, 0.25) is 0 Å². The summed E-state index contributed by atoms with van der Waals surface area (Å²) in [6.45, 7) is 6.27. The van der Waals surface area contributed by atoms with Crippen LogP contribution in [0.3, 0.4) is 0 Å². The lowest BCUT2D eigenvalue weighted by atomic mass is 9.86. The van der Waals surface area contributed by atoms with E-state index in [1.807, 2.05) is 6.92 Å². The molecule has 1 aromatic carbocycles. The number of aliphatic hydroxyl groups excluding tert-OH is 1. The number of hydrogen-bond acceptors (Lipinski definition) is 2. The molecule has 0 aliphatic carbocycles. The topological polar surface area (TPSA) is 40.5 Å². The molecule has 0 spiro atoms. The Kier molecular flexibility index (Phi) is 7.98. The van der Waals surface area contributed by atoms with Crippen LogP contribution < -0.4 is 0 Å². The van der Waals surface area contributed by atoms with Gasteiger partial charge in [-0.1, -0.05) is 57.9 Å². The SMILES string of the molecule is CCCC(O)(CCC)CCc1cccc(CC(O)CC)c1. The van der Waals surface area contributed by atoms with Gasteiger partial charge in [0.05, 0.1) is 11.7 Å². The van der Waals surface area contributed by atoms with Crippen LogP contribution in [0.25, 0.3) is 0 Å². The summed E-state index contributed by atoms with van der Waals surface area (Å²) >= 11 is 0. The van der Waals surface area contributed by atoms with Crippen molar-refractivity contribution in [2.24, 2.45) is 0 Å². The summed E-state index contributed by atoms with van der Waals surface area (Å²) in [4.78, 5) is 0. The van der Waals surface area contributed by atoms with Crippen molar-refractivity contribution in [1.82, 2.24) is 0 Å². The molecule has 0 bridgehead atoms. The summed E-state index contributed by atoms with van der Waals surface area (Å²) in [6, 6.07) is 8.44. The van der Waals surface area contributed by atoms with Gasteiger partial charge in [-0.05, 0) is 49.7 Å². The zero-order valence-corrected chi connectivity index (χ0v) is 13.9. The van der Waals surface area contributed by atoms with E-state index in [9.17, 15) is 10.2 Å². The number of rotatable bonds is 10. The number of aryl methyl sites for hydroxylation is 1.